The second-order valence-electron chi connectivity index (χ2n) is 4.76. The van der Waals surface area contributed by atoms with Gasteiger partial charge in [0.1, 0.15) is 5.78 Å². The molecule has 2 rings (SSSR count). The molecule has 92 valence electrons. The Hall–Kier alpha value is -1.15. The smallest absolute Gasteiger partial charge is 0.135 e. The Morgan fingerprint density at radius 2 is 1.94 bits per heavy atom. The highest BCUT2D eigenvalue weighted by Gasteiger charge is 2.16. The van der Waals surface area contributed by atoms with Crippen LogP contribution < -0.4 is 0 Å². The van der Waals surface area contributed by atoms with E-state index in [4.69, 9.17) is 4.74 Å². The fourth-order valence-electron chi connectivity index (χ4n) is 2.26. The average Bonchev–Trinajstić information content (AvgIpc) is 2.33. The zero-order chi connectivity index (χ0) is 11.9. The molecule has 0 aliphatic heterocycles. The van der Waals surface area contributed by atoms with Crippen LogP contribution in [-0.4, -0.2) is 11.9 Å². The topological polar surface area (TPSA) is 26.3 Å². The third-order valence-corrected chi connectivity index (χ3v) is 3.27. The molecule has 2 nitrogen and oxygen atoms in total. The SMILES string of the molecule is O=C1CCCCCC(OCc2ccccc2)C1. The van der Waals surface area contributed by atoms with E-state index < -0.39 is 0 Å². The molecule has 17 heavy (non-hydrogen) atoms. The highest BCUT2D eigenvalue weighted by molar-refractivity contribution is 5.78. The molecule has 0 spiro atoms. The van der Waals surface area contributed by atoms with Gasteiger partial charge in [0.2, 0.25) is 0 Å². The Labute approximate surface area is 103 Å². The first-order valence-electron chi connectivity index (χ1n) is 6.52. The van der Waals surface area contributed by atoms with E-state index in [9.17, 15) is 4.79 Å². The van der Waals surface area contributed by atoms with Crippen molar-refractivity contribution in [3.8, 4) is 0 Å². The lowest BCUT2D eigenvalue weighted by Crippen LogP contribution is -2.19. The van der Waals surface area contributed by atoms with Crippen LogP contribution in [-0.2, 0) is 16.1 Å². The van der Waals surface area contributed by atoms with Crippen molar-refractivity contribution in [1.82, 2.24) is 0 Å². The van der Waals surface area contributed by atoms with Crippen molar-refractivity contribution in [3.05, 3.63) is 35.9 Å². The Balaban J connectivity index is 1.82. The van der Waals surface area contributed by atoms with Crippen LogP contribution in [0.4, 0.5) is 0 Å². The number of carbonyl (C=O) groups is 1. The molecule has 0 saturated heterocycles. The van der Waals surface area contributed by atoms with Crippen LogP contribution in [0, 0.1) is 0 Å². The van der Waals surface area contributed by atoms with E-state index in [0.717, 1.165) is 25.7 Å². The van der Waals surface area contributed by atoms with Gasteiger partial charge >= 0.3 is 0 Å². The number of hydrogen-bond donors (Lipinski definition) is 0. The molecule has 1 aliphatic rings. The van der Waals surface area contributed by atoms with Gasteiger partial charge in [-0.2, -0.15) is 0 Å². The molecule has 1 atom stereocenters. The van der Waals surface area contributed by atoms with E-state index in [2.05, 4.69) is 12.1 Å². The van der Waals surface area contributed by atoms with Gasteiger partial charge in [-0.1, -0.05) is 43.2 Å². The maximum atomic E-state index is 11.6. The van der Waals surface area contributed by atoms with Crippen LogP contribution in [0.3, 0.4) is 0 Å². The van der Waals surface area contributed by atoms with Crippen molar-refractivity contribution < 1.29 is 9.53 Å². The standard InChI is InChI=1S/C15H20O2/c16-14-9-5-2-6-10-15(11-14)17-12-13-7-3-1-4-8-13/h1,3-4,7-8,15H,2,5-6,9-12H2. The van der Waals surface area contributed by atoms with Gasteiger partial charge in [0.15, 0.2) is 0 Å². The molecule has 0 bridgehead atoms. The number of benzene rings is 1. The molecule has 0 heterocycles. The van der Waals surface area contributed by atoms with Crippen LogP contribution in [0.2, 0.25) is 0 Å². The Morgan fingerprint density at radius 3 is 2.76 bits per heavy atom. The summed E-state index contributed by atoms with van der Waals surface area (Å²) in [7, 11) is 0. The lowest BCUT2D eigenvalue weighted by Gasteiger charge is -2.19. The van der Waals surface area contributed by atoms with Crippen LogP contribution in [0.15, 0.2) is 30.3 Å². The molecule has 1 saturated carbocycles. The zero-order valence-corrected chi connectivity index (χ0v) is 10.2. The fraction of sp³-hybridized carbons (Fsp3) is 0.533. The maximum Gasteiger partial charge on any atom is 0.135 e. The number of ketones is 1. The lowest BCUT2D eigenvalue weighted by molar-refractivity contribution is -0.123. The molecule has 1 aliphatic carbocycles. The van der Waals surface area contributed by atoms with Crippen molar-refractivity contribution in [2.45, 2.75) is 51.2 Å². The molecule has 0 N–H and O–H groups in total. The molecule has 1 fully saturated rings. The minimum Gasteiger partial charge on any atom is -0.373 e. The van der Waals surface area contributed by atoms with Crippen LogP contribution >= 0.6 is 0 Å². The molecule has 0 radical (unpaired) electrons. The summed E-state index contributed by atoms with van der Waals surface area (Å²) in [5, 5.41) is 0. The van der Waals surface area contributed by atoms with E-state index in [1.165, 1.54) is 12.0 Å². The third-order valence-electron chi connectivity index (χ3n) is 3.27. The average molecular weight is 232 g/mol. The van der Waals surface area contributed by atoms with Crippen LogP contribution in [0.5, 0.6) is 0 Å². The maximum absolute atomic E-state index is 11.6. The summed E-state index contributed by atoms with van der Waals surface area (Å²) < 4.78 is 5.85. The molecule has 0 aromatic heterocycles. The summed E-state index contributed by atoms with van der Waals surface area (Å²) in [6.07, 6.45) is 5.91. The first kappa shape index (κ1) is 12.3. The zero-order valence-electron chi connectivity index (χ0n) is 10.2. The van der Waals surface area contributed by atoms with E-state index in [-0.39, 0.29) is 6.10 Å². The second-order valence-corrected chi connectivity index (χ2v) is 4.76. The van der Waals surface area contributed by atoms with E-state index >= 15 is 0 Å². The van der Waals surface area contributed by atoms with Crippen molar-refractivity contribution in [3.63, 3.8) is 0 Å². The van der Waals surface area contributed by atoms with Gasteiger partial charge in [-0.15, -0.1) is 0 Å². The predicted octanol–water partition coefficient (Wildman–Crippen LogP) is 3.50. The molecular formula is C15H20O2. The van der Waals surface area contributed by atoms with Gasteiger partial charge in [0.05, 0.1) is 12.7 Å². The van der Waals surface area contributed by atoms with Gasteiger partial charge in [-0.3, -0.25) is 4.79 Å². The summed E-state index contributed by atoms with van der Waals surface area (Å²) in [4.78, 5) is 11.6. The Morgan fingerprint density at radius 1 is 1.12 bits per heavy atom. The van der Waals surface area contributed by atoms with Crippen molar-refractivity contribution >= 4 is 5.78 Å². The van der Waals surface area contributed by atoms with Gasteiger partial charge in [-0.25, -0.2) is 0 Å². The van der Waals surface area contributed by atoms with Crippen molar-refractivity contribution in [2.24, 2.45) is 0 Å². The van der Waals surface area contributed by atoms with Gasteiger partial charge < -0.3 is 4.74 Å². The van der Waals surface area contributed by atoms with E-state index in [1.54, 1.807) is 0 Å². The molecule has 1 unspecified atom stereocenters. The van der Waals surface area contributed by atoms with Crippen LogP contribution in [0.1, 0.15) is 44.1 Å². The largest absolute Gasteiger partial charge is 0.373 e. The Kier molecular flexibility index (Phi) is 4.75. The highest BCUT2D eigenvalue weighted by Crippen LogP contribution is 2.18. The van der Waals surface area contributed by atoms with E-state index in [0.29, 0.717) is 18.8 Å². The van der Waals surface area contributed by atoms with E-state index in [1.807, 2.05) is 18.2 Å². The molecule has 2 heteroatoms. The number of hydrogen-bond acceptors (Lipinski definition) is 2. The van der Waals surface area contributed by atoms with Crippen LogP contribution in [0.25, 0.3) is 0 Å². The number of ether oxygens (including phenoxy) is 1. The normalized spacial score (nSPS) is 21.9. The summed E-state index contributed by atoms with van der Waals surface area (Å²) in [6.45, 7) is 0.624. The highest BCUT2D eigenvalue weighted by atomic mass is 16.5. The minimum absolute atomic E-state index is 0.128. The summed E-state index contributed by atoms with van der Waals surface area (Å²) in [5.41, 5.74) is 1.18. The first-order valence-corrected chi connectivity index (χ1v) is 6.52. The van der Waals surface area contributed by atoms with Gasteiger partial charge in [0, 0.05) is 12.8 Å². The van der Waals surface area contributed by atoms with Gasteiger partial charge in [0.25, 0.3) is 0 Å². The third kappa shape index (κ3) is 4.31. The number of rotatable bonds is 3. The van der Waals surface area contributed by atoms with Crippen molar-refractivity contribution in [1.29, 1.82) is 0 Å². The second kappa shape index (κ2) is 6.55. The molecule has 0 amide bonds. The molecular weight excluding hydrogens is 212 g/mol. The molecule has 1 aromatic carbocycles. The lowest BCUT2D eigenvalue weighted by atomic mass is 9.97. The quantitative estimate of drug-likeness (QED) is 0.797. The van der Waals surface area contributed by atoms with Gasteiger partial charge in [-0.05, 0) is 18.4 Å². The molecule has 1 aromatic rings. The summed E-state index contributed by atoms with van der Waals surface area (Å²) in [5.74, 6) is 0.364. The number of carbonyl (C=O) groups excluding carboxylic acids is 1. The summed E-state index contributed by atoms with van der Waals surface area (Å²) >= 11 is 0. The first-order chi connectivity index (χ1) is 8.34. The predicted molar refractivity (Wildman–Crippen MR) is 67.7 cm³/mol. The Bertz CT molecular complexity index is 345. The minimum atomic E-state index is 0.128. The summed E-state index contributed by atoms with van der Waals surface area (Å²) in [6, 6.07) is 10.2. The monoisotopic (exact) mass is 232 g/mol. The number of Topliss-reactive ketones (excluding diaryl/α,β-unsaturated/α-hetero) is 1. The van der Waals surface area contributed by atoms with Crippen molar-refractivity contribution in [2.75, 3.05) is 0 Å². The fourth-order valence-corrected chi connectivity index (χ4v) is 2.26.